The molecule has 2 N–H and O–H groups in total. The summed E-state index contributed by atoms with van der Waals surface area (Å²) in [6, 6.07) is 12.9. The molecule has 1 atom stereocenters. The number of H-pyrrole nitrogens is 1. The molecule has 0 aliphatic heterocycles. The van der Waals surface area contributed by atoms with Crippen molar-refractivity contribution in [3.8, 4) is 11.5 Å². The van der Waals surface area contributed by atoms with Crippen LogP contribution in [0.4, 0.5) is 5.69 Å². The number of aromatic nitrogens is 2. The maximum atomic E-state index is 12.5. The molecule has 130 valence electrons. The van der Waals surface area contributed by atoms with Crippen LogP contribution in [-0.4, -0.2) is 35.3 Å². The van der Waals surface area contributed by atoms with Crippen molar-refractivity contribution in [2.45, 2.75) is 17.3 Å². The molecule has 1 heterocycles. The third-order valence-corrected chi connectivity index (χ3v) is 4.67. The van der Waals surface area contributed by atoms with Crippen LogP contribution in [0.15, 0.2) is 47.6 Å². The number of thioether (sulfide) groups is 1. The summed E-state index contributed by atoms with van der Waals surface area (Å²) in [5.74, 6) is 1.27. The highest BCUT2D eigenvalue weighted by atomic mass is 32.2. The second-order valence-corrected chi connectivity index (χ2v) is 6.70. The number of benzene rings is 2. The highest BCUT2D eigenvalue weighted by Crippen LogP contribution is 2.28. The second-order valence-electron chi connectivity index (χ2n) is 5.37. The van der Waals surface area contributed by atoms with E-state index in [9.17, 15) is 4.79 Å². The Bertz CT molecular complexity index is 894. The van der Waals surface area contributed by atoms with Crippen molar-refractivity contribution >= 4 is 34.4 Å². The Morgan fingerprint density at radius 2 is 2.00 bits per heavy atom. The lowest BCUT2D eigenvalue weighted by molar-refractivity contribution is -0.115. The molecule has 0 saturated carbocycles. The van der Waals surface area contributed by atoms with Crippen molar-refractivity contribution in [1.29, 1.82) is 0 Å². The lowest BCUT2D eigenvalue weighted by Gasteiger charge is -2.13. The molecule has 2 aromatic carbocycles. The zero-order valence-corrected chi connectivity index (χ0v) is 15.0. The molecular formula is C18H19N3O3S. The molecule has 0 aliphatic carbocycles. The normalized spacial score (nSPS) is 12.0. The minimum atomic E-state index is -0.327. The first-order valence-corrected chi connectivity index (χ1v) is 8.63. The molecule has 0 fully saturated rings. The van der Waals surface area contributed by atoms with Gasteiger partial charge in [-0.05, 0) is 31.2 Å². The number of hydrogen-bond acceptors (Lipinski definition) is 5. The van der Waals surface area contributed by atoms with E-state index in [4.69, 9.17) is 9.47 Å². The summed E-state index contributed by atoms with van der Waals surface area (Å²) >= 11 is 1.36. The van der Waals surface area contributed by atoms with Gasteiger partial charge in [0.1, 0.15) is 11.5 Å². The topological polar surface area (TPSA) is 76.2 Å². The summed E-state index contributed by atoms with van der Waals surface area (Å²) in [5.41, 5.74) is 2.36. The molecule has 0 bridgehead atoms. The number of nitrogens with zero attached hydrogens (tertiary/aromatic N) is 1. The number of aromatic amines is 1. The monoisotopic (exact) mass is 357 g/mol. The van der Waals surface area contributed by atoms with Gasteiger partial charge in [-0.15, -0.1) is 0 Å². The molecule has 0 spiro atoms. The van der Waals surface area contributed by atoms with Crippen LogP contribution in [0.5, 0.6) is 11.5 Å². The Morgan fingerprint density at radius 1 is 1.20 bits per heavy atom. The summed E-state index contributed by atoms with van der Waals surface area (Å²) in [6.45, 7) is 1.84. The number of rotatable bonds is 6. The molecule has 7 heteroatoms. The fraction of sp³-hybridized carbons (Fsp3) is 0.222. The van der Waals surface area contributed by atoms with Gasteiger partial charge in [0.2, 0.25) is 5.91 Å². The minimum Gasteiger partial charge on any atom is -0.497 e. The van der Waals surface area contributed by atoms with Gasteiger partial charge in [-0.25, -0.2) is 4.98 Å². The fourth-order valence-electron chi connectivity index (χ4n) is 2.35. The van der Waals surface area contributed by atoms with Gasteiger partial charge in [0.25, 0.3) is 0 Å². The molecule has 1 amide bonds. The van der Waals surface area contributed by atoms with Gasteiger partial charge in [0.05, 0.1) is 36.2 Å². The van der Waals surface area contributed by atoms with Crippen molar-refractivity contribution in [2.24, 2.45) is 0 Å². The Balaban J connectivity index is 1.70. The van der Waals surface area contributed by atoms with Crippen molar-refractivity contribution in [3.05, 3.63) is 42.5 Å². The van der Waals surface area contributed by atoms with E-state index >= 15 is 0 Å². The average Bonchev–Trinajstić information content (AvgIpc) is 3.03. The van der Waals surface area contributed by atoms with Crippen LogP contribution in [0.1, 0.15) is 6.92 Å². The summed E-state index contributed by atoms with van der Waals surface area (Å²) in [6.07, 6.45) is 0. The van der Waals surface area contributed by atoms with E-state index < -0.39 is 0 Å². The van der Waals surface area contributed by atoms with E-state index in [1.165, 1.54) is 11.8 Å². The molecule has 25 heavy (non-hydrogen) atoms. The van der Waals surface area contributed by atoms with Crippen LogP contribution in [0.3, 0.4) is 0 Å². The van der Waals surface area contributed by atoms with Gasteiger partial charge < -0.3 is 19.8 Å². The van der Waals surface area contributed by atoms with E-state index in [0.717, 1.165) is 16.8 Å². The molecule has 0 aliphatic rings. The lowest BCUT2D eigenvalue weighted by Crippen LogP contribution is -2.22. The SMILES string of the molecule is COc1ccc2nc(SC(C)C(=O)Nc3ccccc3OC)[nH]c2c1. The number of anilines is 1. The Kier molecular flexibility index (Phi) is 5.14. The van der Waals surface area contributed by atoms with Crippen molar-refractivity contribution in [2.75, 3.05) is 19.5 Å². The third-order valence-electron chi connectivity index (χ3n) is 3.69. The maximum absolute atomic E-state index is 12.5. The summed E-state index contributed by atoms with van der Waals surface area (Å²) in [4.78, 5) is 20.2. The molecule has 3 aromatic rings. The van der Waals surface area contributed by atoms with Crippen molar-refractivity contribution < 1.29 is 14.3 Å². The zero-order chi connectivity index (χ0) is 17.8. The highest BCUT2D eigenvalue weighted by molar-refractivity contribution is 8.00. The average molecular weight is 357 g/mol. The van der Waals surface area contributed by atoms with Gasteiger partial charge in [-0.2, -0.15) is 0 Å². The summed E-state index contributed by atoms with van der Waals surface area (Å²) < 4.78 is 10.5. The van der Waals surface area contributed by atoms with Crippen LogP contribution in [0, 0.1) is 0 Å². The standard InChI is InChI=1S/C18H19N3O3S/c1-11(17(22)19-14-6-4-5-7-16(14)24-3)25-18-20-13-9-8-12(23-2)10-15(13)21-18/h4-11H,1-3H3,(H,19,22)(H,20,21). The van der Waals surface area contributed by atoms with E-state index in [0.29, 0.717) is 16.6 Å². The number of ether oxygens (including phenoxy) is 2. The molecule has 1 aromatic heterocycles. The number of fused-ring (bicyclic) bond motifs is 1. The summed E-state index contributed by atoms with van der Waals surface area (Å²) in [5, 5.41) is 3.25. The van der Waals surface area contributed by atoms with Crippen LogP contribution in [0.2, 0.25) is 0 Å². The number of methoxy groups -OCH3 is 2. The molecule has 3 rings (SSSR count). The number of amides is 1. The number of carbonyl (C=O) groups is 1. The zero-order valence-electron chi connectivity index (χ0n) is 14.2. The Labute approximate surface area is 149 Å². The summed E-state index contributed by atoms with van der Waals surface area (Å²) in [7, 11) is 3.20. The number of para-hydroxylation sites is 2. The van der Waals surface area contributed by atoms with Gasteiger partial charge >= 0.3 is 0 Å². The first kappa shape index (κ1) is 17.2. The molecule has 1 unspecified atom stereocenters. The van der Waals surface area contributed by atoms with Gasteiger partial charge in [0.15, 0.2) is 5.16 Å². The molecule has 6 nitrogen and oxygen atoms in total. The quantitative estimate of drug-likeness (QED) is 0.658. The molecular weight excluding hydrogens is 338 g/mol. The largest absolute Gasteiger partial charge is 0.497 e. The first-order chi connectivity index (χ1) is 12.1. The Morgan fingerprint density at radius 3 is 2.76 bits per heavy atom. The van der Waals surface area contributed by atoms with Gasteiger partial charge in [-0.1, -0.05) is 23.9 Å². The van der Waals surface area contributed by atoms with Crippen LogP contribution < -0.4 is 14.8 Å². The number of hydrogen-bond donors (Lipinski definition) is 2. The molecule has 0 saturated heterocycles. The van der Waals surface area contributed by atoms with E-state index in [2.05, 4.69) is 15.3 Å². The predicted molar refractivity (Wildman–Crippen MR) is 99.6 cm³/mol. The number of carbonyl (C=O) groups excluding carboxylic acids is 1. The number of nitrogens with one attached hydrogen (secondary N) is 2. The van der Waals surface area contributed by atoms with Gasteiger partial charge in [0, 0.05) is 6.07 Å². The van der Waals surface area contributed by atoms with Crippen molar-refractivity contribution in [3.63, 3.8) is 0 Å². The first-order valence-electron chi connectivity index (χ1n) is 7.75. The predicted octanol–water partition coefficient (Wildman–Crippen LogP) is 3.70. The lowest BCUT2D eigenvalue weighted by atomic mass is 10.3. The minimum absolute atomic E-state index is 0.118. The van der Waals surface area contributed by atoms with Crippen LogP contribution in [-0.2, 0) is 4.79 Å². The van der Waals surface area contributed by atoms with E-state index in [1.54, 1.807) is 20.3 Å². The van der Waals surface area contributed by atoms with Crippen LogP contribution in [0.25, 0.3) is 11.0 Å². The van der Waals surface area contributed by atoms with E-state index in [-0.39, 0.29) is 11.2 Å². The van der Waals surface area contributed by atoms with E-state index in [1.807, 2.05) is 43.3 Å². The maximum Gasteiger partial charge on any atom is 0.237 e. The third kappa shape index (κ3) is 3.88. The molecule has 0 radical (unpaired) electrons. The highest BCUT2D eigenvalue weighted by Gasteiger charge is 2.18. The second kappa shape index (κ2) is 7.48. The Hall–Kier alpha value is -2.67. The van der Waals surface area contributed by atoms with Crippen molar-refractivity contribution in [1.82, 2.24) is 9.97 Å². The van der Waals surface area contributed by atoms with Crippen LogP contribution >= 0.6 is 11.8 Å². The smallest absolute Gasteiger partial charge is 0.237 e. The van der Waals surface area contributed by atoms with Gasteiger partial charge in [-0.3, -0.25) is 4.79 Å². The fourth-order valence-corrected chi connectivity index (χ4v) is 3.17. The number of imidazole rings is 1.